The Kier molecular flexibility index (Phi) is 6.79. The van der Waals surface area contributed by atoms with Crippen molar-refractivity contribution in [3.05, 3.63) is 24.3 Å². The molecular weight excluding hydrogens is 326 g/mol. The lowest BCUT2D eigenvalue weighted by atomic mass is 10.1. The van der Waals surface area contributed by atoms with E-state index in [1.807, 2.05) is 0 Å². The molecule has 1 aliphatic rings. The molecule has 0 aromatic heterocycles. The topological polar surface area (TPSA) is 67.4 Å². The summed E-state index contributed by atoms with van der Waals surface area (Å²) in [6, 6.07) is 5.18. The minimum atomic E-state index is -3.87. The Morgan fingerprint density at radius 1 is 1.24 bits per heavy atom. The summed E-state index contributed by atoms with van der Waals surface area (Å²) >= 11 is 0. The van der Waals surface area contributed by atoms with Crippen LogP contribution in [0.2, 0.25) is 0 Å². The SMILES string of the molecule is Cl.O=S(=O)(NC1CCNCC1)c1ccccc1OC(F)F. The fourth-order valence-corrected chi connectivity index (χ4v) is 3.53. The number of hydrogen-bond donors (Lipinski definition) is 2. The Morgan fingerprint density at radius 2 is 1.86 bits per heavy atom. The Bertz CT molecular complexity index is 551. The first-order valence-corrected chi connectivity index (χ1v) is 7.74. The third-order valence-corrected chi connectivity index (χ3v) is 4.58. The van der Waals surface area contributed by atoms with Crippen molar-refractivity contribution in [1.29, 1.82) is 0 Å². The normalized spacial score (nSPS) is 16.5. The molecule has 2 rings (SSSR count). The highest BCUT2D eigenvalue weighted by molar-refractivity contribution is 7.89. The van der Waals surface area contributed by atoms with Gasteiger partial charge in [-0.05, 0) is 38.1 Å². The van der Waals surface area contributed by atoms with Crippen LogP contribution >= 0.6 is 12.4 Å². The number of para-hydroxylation sites is 1. The zero-order valence-electron chi connectivity index (χ0n) is 11.1. The minimum Gasteiger partial charge on any atom is -0.433 e. The van der Waals surface area contributed by atoms with E-state index < -0.39 is 16.6 Å². The van der Waals surface area contributed by atoms with Crippen molar-refractivity contribution >= 4 is 22.4 Å². The van der Waals surface area contributed by atoms with Gasteiger partial charge in [-0.25, -0.2) is 13.1 Å². The maximum atomic E-state index is 12.3. The van der Waals surface area contributed by atoms with Crippen molar-refractivity contribution in [3.63, 3.8) is 0 Å². The quantitative estimate of drug-likeness (QED) is 0.855. The first-order chi connectivity index (χ1) is 9.49. The van der Waals surface area contributed by atoms with E-state index in [-0.39, 0.29) is 29.1 Å². The number of nitrogens with one attached hydrogen (secondary N) is 2. The summed E-state index contributed by atoms with van der Waals surface area (Å²) in [4.78, 5) is -0.265. The van der Waals surface area contributed by atoms with Crippen LogP contribution < -0.4 is 14.8 Å². The maximum Gasteiger partial charge on any atom is 0.387 e. The lowest BCUT2D eigenvalue weighted by molar-refractivity contribution is -0.0517. The van der Waals surface area contributed by atoms with Crippen molar-refractivity contribution in [1.82, 2.24) is 10.0 Å². The van der Waals surface area contributed by atoms with Crippen molar-refractivity contribution in [2.75, 3.05) is 13.1 Å². The van der Waals surface area contributed by atoms with Gasteiger partial charge in [-0.1, -0.05) is 12.1 Å². The van der Waals surface area contributed by atoms with Crippen molar-refractivity contribution < 1.29 is 21.9 Å². The average Bonchev–Trinajstić information content (AvgIpc) is 2.39. The molecule has 1 aromatic rings. The molecular formula is C12H17ClF2N2O3S. The summed E-state index contributed by atoms with van der Waals surface area (Å²) in [6.07, 6.45) is 1.33. The van der Waals surface area contributed by atoms with Gasteiger partial charge in [-0.2, -0.15) is 8.78 Å². The predicted octanol–water partition coefficient (Wildman–Crippen LogP) is 1.74. The van der Waals surface area contributed by atoms with E-state index in [2.05, 4.69) is 14.8 Å². The van der Waals surface area contributed by atoms with Crippen LogP contribution in [0.15, 0.2) is 29.2 Å². The van der Waals surface area contributed by atoms with Crippen LogP contribution in [0.5, 0.6) is 5.75 Å². The molecule has 120 valence electrons. The van der Waals surface area contributed by atoms with Gasteiger partial charge in [-0.15, -0.1) is 12.4 Å². The summed E-state index contributed by atoms with van der Waals surface area (Å²) in [6.45, 7) is -1.62. The highest BCUT2D eigenvalue weighted by atomic mass is 35.5. The van der Waals surface area contributed by atoms with E-state index in [0.717, 1.165) is 13.1 Å². The van der Waals surface area contributed by atoms with Gasteiger partial charge in [0, 0.05) is 6.04 Å². The zero-order chi connectivity index (χ0) is 14.6. The molecule has 0 aliphatic carbocycles. The van der Waals surface area contributed by atoms with Gasteiger partial charge < -0.3 is 10.1 Å². The molecule has 0 unspecified atom stereocenters. The van der Waals surface area contributed by atoms with Crippen molar-refractivity contribution in [2.24, 2.45) is 0 Å². The van der Waals surface area contributed by atoms with Crippen LogP contribution in [0.3, 0.4) is 0 Å². The second kappa shape index (κ2) is 7.88. The van der Waals surface area contributed by atoms with Crippen molar-refractivity contribution in [3.8, 4) is 5.75 Å². The molecule has 0 bridgehead atoms. The molecule has 0 amide bonds. The summed E-state index contributed by atoms with van der Waals surface area (Å²) in [5.41, 5.74) is 0. The molecule has 1 aromatic carbocycles. The molecule has 0 atom stereocenters. The van der Waals surface area contributed by atoms with Crippen molar-refractivity contribution in [2.45, 2.75) is 30.4 Å². The smallest absolute Gasteiger partial charge is 0.387 e. The van der Waals surface area contributed by atoms with E-state index >= 15 is 0 Å². The summed E-state index contributed by atoms with van der Waals surface area (Å²) in [5, 5.41) is 3.12. The molecule has 5 nitrogen and oxygen atoms in total. The molecule has 0 saturated carbocycles. The lowest BCUT2D eigenvalue weighted by Gasteiger charge is -2.24. The number of piperidine rings is 1. The summed E-state index contributed by atoms with van der Waals surface area (Å²) < 4.78 is 55.9. The monoisotopic (exact) mass is 342 g/mol. The van der Waals surface area contributed by atoms with Gasteiger partial charge in [0.05, 0.1) is 0 Å². The number of ether oxygens (including phenoxy) is 1. The first kappa shape index (κ1) is 18.1. The number of rotatable bonds is 5. The number of benzene rings is 1. The number of sulfonamides is 1. The second-order valence-electron chi connectivity index (χ2n) is 4.47. The van der Waals surface area contributed by atoms with E-state index in [1.165, 1.54) is 24.3 Å². The Labute approximate surface area is 128 Å². The average molecular weight is 343 g/mol. The van der Waals surface area contributed by atoms with Gasteiger partial charge in [-0.3, -0.25) is 0 Å². The number of halogens is 3. The van der Waals surface area contributed by atoms with Gasteiger partial charge >= 0.3 is 6.61 Å². The third-order valence-electron chi connectivity index (χ3n) is 3.02. The fourth-order valence-electron chi connectivity index (χ4n) is 2.09. The van der Waals surface area contributed by atoms with Crippen LogP contribution in [0.4, 0.5) is 8.78 Å². The molecule has 21 heavy (non-hydrogen) atoms. The largest absolute Gasteiger partial charge is 0.433 e. The molecule has 0 spiro atoms. The van der Waals surface area contributed by atoms with Gasteiger partial charge in [0.1, 0.15) is 10.6 Å². The predicted molar refractivity (Wildman–Crippen MR) is 76.5 cm³/mol. The second-order valence-corrected chi connectivity index (χ2v) is 6.15. The number of alkyl halides is 2. The van der Waals surface area contributed by atoms with E-state index in [1.54, 1.807) is 0 Å². The highest BCUT2D eigenvalue weighted by Crippen LogP contribution is 2.25. The highest BCUT2D eigenvalue weighted by Gasteiger charge is 2.25. The molecule has 1 fully saturated rings. The zero-order valence-corrected chi connectivity index (χ0v) is 12.7. The van der Waals surface area contributed by atoms with Crippen LogP contribution in [0.1, 0.15) is 12.8 Å². The van der Waals surface area contributed by atoms with Crippen LogP contribution in [0.25, 0.3) is 0 Å². The molecule has 1 heterocycles. The van der Waals surface area contributed by atoms with E-state index in [4.69, 9.17) is 0 Å². The van der Waals surface area contributed by atoms with E-state index in [0.29, 0.717) is 12.8 Å². The van der Waals surface area contributed by atoms with Crippen LogP contribution in [0, 0.1) is 0 Å². The Morgan fingerprint density at radius 3 is 2.48 bits per heavy atom. The van der Waals surface area contributed by atoms with Gasteiger partial charge in [0.25, 0.3) is 0 Å². The molecule has 0 radical (unpaired) electrons. The van der Waals surface area contributed by atoms with Crippen LogP contribution in [-0.4, -0.2) is 34.2 Å². The molecule has 1 aliphatic heterocycles. The third kappa shape index (κ3) is 5.06. The summed E-state index contributed by atoms with van der Waals surface area (Å²) in [7, 11) is -3.87. The standard InChI is InChI=1S/C12H16F2N2O3S.ClH/c13-12(14)19-10-3-1-2-4-11(10)20(17,18)16-9-5-7-15-8-6-9;/h1-4,9,12,15-16H,5-8H2;1H. The van der Waals surface area contributed by atoms with Gasteiger partial charge in [0.2, 0.25) is 10.0 Å². The van der Waals surface area contributed by atoms with E-state index in [9.17, 15) is 17.2 Å². The minimum absolute atomic E-state index is 0. The van der Waals surface area contributed by atoms with Gasteiger partial charge in [0.15, 0.2) is 0 Å². The summed E-state index contributed by atoms with van der Waals surface area (Å²) in [5.74, 6) is -0.344. The Hall–Kier alpha value is -0.960. The van der Waals surface area contributed by atoms with Crippen LogP contribution in [-0.2, 0) is 10.0 Å². The molecule has 9 heteroatoms. The lowest BCUT2D eigenvalue weighted by Crippen LogP contribution is -2.42. The fraction of sp³-hybridized carbons (Fsp3) is 0.500. The first-order valence-electron chi connectivity index (χ1n) is 6.26. The maximum absolute atomic E-state index is 12.3. The number of hydrogen-bond acceptors (Lipinski definition) is 4. The Balaban J connectivity index is 0.00000220. The molecule has 2 N–H and O–H groups in total. The molecule has 1 saturated heterocycles.